The van der Waals surface area contributed by atoms with Crippen LogP contribution in [-0.4, -0.2) is 44.8 Å². The molecule has 4 rings (SSSR count). The largest absolute Gasteiger partial charge is 0.357 e. The zero-order valence-corrected chi connectivity index (χ0v) is 25.7. The zero-order chi connectivity index (χ0) is 30.3. The fraction of sp³-hybridized carbons (Fsp3) is 0.161. The molecule has 0 radical (unpaired) electrons. The molecule has 0 saturated carbocycles. The van der Waals surface area contributed by atoms with Gasteiger partial charge in [-0.05, 0) is 59.7 Å². The summed E-state index contributed by atoms with van der Waals surface area (Å²) in [5.74, 6) is -1.02. The summed E-state index contributed by atoms with van der Waals surface area (Å²) in [6.07, 6.45) is 0.187. The number of carbonyl (C=O) groups excluding carboxylic acids is 2. The highest BCUT2D eigenvalue weighted by molar-refractivity contribution is 7.92. The summed E-state index contributed by atoms with van der Waals surface area (Å²) < 4.78 is 28.8. The van der Waals surface area contributed by atoms with Crippen LogP contribution >= 0.6 is 34.8 Å². The first kappa shape index (κ1) is 31.4. The molecule has 1 atom stereocenters. The number of rotatable bonds is 11. The Morgan fingerprint density at radius 3 is 2.00 bits per heavy atom. The molecule has 0 aliphatic heterocycles. The highest BCUT2D eigenvalue weighted by atomic mass is 35.5. The lowest BCUT2D eigenvalue weighted by atomic mass is 10.0. The zero-order valence-electron chi connectivity index (χ0n) is 22.6. The summed E-state index contributed by atoms with van der Waals surface area (Å²) in [7, 11) is -2.73. The monoisotopic (exact) mass is 643 g/mol. The van der Waals surface area contributed by atoms with Crippen LogP contribution in [-0.2, 0) is 32.6 Å². The average molecular weight is 645 g/mol. The van der Waals surface area contributed by atoms with Gasteiger partial charge in [0, 0.05) is 35.1 Å². The number of hydrogen-bond acceptors (Lipinski definition) is 4. The first-order chi connectivity index (χ1) is 20.1. The summed E-state index contributed by atoms with van der Waals surface area (Å²) >= 11 is 18.6. The van der Waals surface area contributed by atoms with Crippen LogP contribution in [0.15, 0.2) is 108 Å². The second-order valence-corrected chi connectivity index (χ2v) is 12.5. The van der Waals surface area contributed by atoms with Crippen molar-refractivity contribution in [3.05, 3.63) is 129 Å². The van der Waals surface area contributed by atoms with Gasteiger partial charge in [-0.15, -0.1) is 0 Å². The lowest BCUT2D eigenvalue weighted by Crippen LogP contribution is -2.53. The molecule has 0 saturated heterocycles. The van der Waals surface area contributed by atoms with E-state index >= 15 is 0 Å². The fourth-order valence-corrected chi connectivity index (χ4v) is 6.42. The van der Waals surface area contributed by atoms with Gasteiger partial charge in [0.1, 0.15) is 12.6 Å². The molecule has 0 fully saturated rings. The standard InChI is InChI=1S/C31H28Cl3N3O4S/c1-35-31(39)29(18-22-8-4-2-5-9-22)36(20-23-12-13-25(33)19-28(23)34)30(38)21-37(26-10-6-3-7-11-26)42(40,41)27-16-14-24(32)15-17-27/h2-17,19,29H,18,20-21H2,1H3,(H,35,39)/t29-/m0/s1. The molecule has 7 nitrogen and oxygen atoms in total. The van der Waals surface area contributed by atoms with Gasteiger partial charge in [0.15, 0.2) is 0 Å². The molecule has 0 bridgehead atoms. The van der Waals surface area contributed by atoms with E-state index in [9.17, 15) is 18.0 Å². The molecule has 218 valence electrons. The Morgan fingerprint density at radius 2 is 1.40 bits per heavy atom. The van der Waals surface area contributed by atoms with Crippen molar-refractivity contribution in [1.29, 1.82) is 0 Å². The number of sulfonamides is 1. The van der Waals surface area contributed by atoms with Crippen molar-refractivity contribution >= 4 is 62.3 Å². The second-order valence-electron chi connectivity index (χ2n) is 9.38. The number of amides is 2. The molecule has 4 aromatic carbocycles. The molecule has 0 spiro atoms. The summed E-state index contributed by atoms with van der Waals surface area (Å²) in [6.45, 7) is -0.647. The number of halogens is 3. The molecule has 11 heteroatoms. The number of hydrogen-bond donors (Lipinski definition) is 1. The van der Waals surface area contributed by atoms with Gasteiger partial charge in [-0.25, -0.2) is 8.42 Å². The highest BCUT2D eigenvalue weighted by Gasteiger charge is 2.34. The Hall–Kier alpha value is -3.56. The summed E-state index contributed by atoms with van der Waals surface area (Å²) in [5.41, 5.74) is 1.65. The SMILES string of the molecule is CNC(=O)[C@H](Cc1ccccc1)N(Cc1ccc(Cl)cc1Cl)C(=O)CN(c1ccccc1)S(=O)(=O)c1ccc(Cl)cc1. The van der Waals surface area contributed by atoms with Gasteiger partial charge >= 0.3 is 0 Å². The predicted octanol–water partition coefficient (Wildman–Crippen LogP) is 6.23. The molecule has 0 heterocycles. The number of nitrogens with zero attached hydrogens (tertiary/aromatic N) is 2. The molecular weight excluding hydrogens is 617 g/mol. The second kappa shape index (κ2) is 14.1. The van der Waals surface area contributed by atoms with Crippen LogP contribution in [0, 0.1) is 0 Å². The lowest BCUT2D eigenvalue weighted by Gasteiger charge is -2.33. The number of carbonyl (C=O) groups is 2. The van der Waals surface area contributed by atoms with Crippen LogP contribution in [0.4, 0.5) is 5.69 Å². The van der Waals surface area contributed by atoms with Crippen LogP contribution in [0.1, 0.15) is 11.1 Å². The number of nitrogens with one attached hydrogen (secondary N) is 1. The topological polar surface area (TPSA) is 86.8 Å². The van der Waals surface area contributed by atoms with E-state index in [2.05, 4.69) is 5.32 Å². The Bertz CT molecular complexity index is 1640. The minimum Gasteiger partial charge on any atom is -0.357 e. The highest BCUT2D eigenvalue weighted by Crippen LogP contribution is 2.27. The van der Waals surface area contributed by atoms with Gasteiger partial charge in [0.2, 0.25) is 11.8 Å². The van der Waals surface area contributed by atoms with E-state index in [1.54, 1.807) is 48.5 Å². The molecule has 4 aromatic rings. The maximum absolute atomic E-state index is 14.2. The van der Waals surface area contributed by atoms with E-state index in [-0.39, 0.29) is 23.5 Å². The van der Waals surface area contributed by atoms with Gasteiger partial charge < -0.3 is 10.2 Å². The average Bonchev–Trinajstić information content (AvgIpc) is 2.99. The molecule has 2 amide bonds. The van der Waals surface area contributed by atoms with E-state index in [1.165, 1.54) is 36.2 Å². The first-order valence-electron chi connectivity index (χ1n) is 12.9. The molecule has 0 unspecified atom stereocenters. The van der Waals surface area contributed by atoms with Crippen molar-refractivity contribution in [2.75, 3.05) is 17.9 Å². The summed E-state index contributed by atoms with van der Waals surface area (Å²) in [4.78, 5) is 28.9. The van der Waals surface area contributed by atoms with E-state index in [4.69, 9.17) is 34.8 Å². The van der Waals surface area contributed by atoms with Crippen molar-refractivity contribution in [2.24, 2.45) is 0 Å². The molecule has 0 aromatic heterocycles. The lowest BCUT2D eigenvalue weighted by molar-refractivity contribution is -0.139. The smallest absolute Gasteiger partial charge is 0.264 e. The maximum atomic E-state index is 14.2. The molecular formula is C31H28Cl3N3O4S. The van der Waals surface area contributed by atoms with Crippen LogP contribution in [0.25, 0.3) is 0 Å². The third-order valence-corrected chi connectivity index (χ3v) is 9.22. The Balaban J connectivity index is 1.79. The number of para-hydroxylation sites is 1. The Kier molecular flexibility index (Phi) is 10.5. The number of benzene rings is 4. The van der Waals surface area contributed by atoms with Crippen molar-refractivity contribution in [3.8, 4) is 0 Å². The Labute approximate surface area is 260 Å². The van der Waals surface area contributed by atoms with Crippen molar-refractivity contribution in [3.63, 3.8) is 0 Å². The van der Waals surface area contributed by atoms with E-state index < -0.39 is 34.4 Å². The van der Waals surface area contributed by atoms with Gasteiger partial charge in [-0.2, -0.15) is 0 Å². The molecule has 42 heavy (non-hydrogen) atoms. The number of likely N-dealkylation sites (N-methyl/N-ethyl adjacent to an activating group) is 1. The van der Waals surface area contributed by atoms with Gasteiger partial charge in [-0.3, -0.25) is 13.9 Å². The van der Waals surface area contributed by atoms with Crippen LogP contribution in [0.5, 0.6) is 0 Å². The van der Waals surface area contributed by atoms with Crippen molar-refractivity contribution in [2.45, 2.75) is 23.9 Å². The maximum Gasteiger partial charge on any atom is 0.264 e. The van der Waals surface area contributed by atoms with Gasteiger partial charge in [0.05, 0.1) is 10.6 Å². The molecule has 1 N–H and O–H groups in total. The van der Waals surface area contributed by atoms with Gasteiger partial charge in [0.25, 0.3) is 10.0 Å². The Morgan fingerprint density at radius 1 is 0.810 bits per heavy atom. The van der Waals surface area contributed by atoms with Crippen LogP contribution in [0.2, 0.25) is 15.1 Å². The van der Waals surface area contributed by atoms with E-state index in [0.717, 1.165) is 9.87 Å². The van der Waals surface area contributed by atoms with Crippen LogP contribution in [0.3, 0.4) is 0 Å². The van der Waals surface area contributed by atoms with Crippen molar-refractivity contribution in [1.82, 2.24) is 10.2 Å². The van der Waals surface area contributed by atoms with E-state index in [1.807, 2.05) is 30.3 Å². The summed E-state index contributed by atoms with van der Waals surface area (Å²) in [5, 5.41) is 3.74. The van der Waals surface area contributed by atoms with E-state index in [0.29, 0.717) is 20.6 Å². The third kappa shape index (κ3) is 7.63. The fourth-order valence-electron chi connectivity index (χ4n) is 4.41. The first-order valence-corrected chi connectivity index (χ1v) is 15.5. The summed E-state index contributed by atoms with van der Waals surface area (Å²) in [6, 6.07) is 27.1. The normalized spacial score (nSPS) is 11.9. The molecule has 0 aliphatic rings. The van der Waals surface area contributed by atoms with Crippen molar-refractivity contribution < 1.29 is 18.0 Å². The number of anilines is 1. The predicted molar refractivity (Wildman–Crippen MR) is 167 cm³/mol. The quantitative estimate of drug-likeness (QED) is 0.210. The minimum atomic E-state index is -4.21. The minimum absolute atomic E-state index is 0.0389. The van der Waals surface area contributed by atoms with Gasteiger partial charge in [-0.1, -0.05) is 89.4 Å². The third-order valence-electron chi connectivity index (χ3n) is 6.60. The molecule has 0 aliphatic carbocycles. The van der Waals surface area contributed by atoms with Crippen LogP contribution < -0.4 is 9.62 Å².